The molecule has 124 valence electrons. The zero-order valence-corrected chi connectivity index (χ0v) is 14.2. The molecule has 24 heavy (non-hydrogen) atoms. The molecule has 0 aromatic heterocycles. The molecule has 3 rings (SSSR count). The lowest BCUT2D eigenvalue weighted by atomic mass is 9.98. The summed E-state index contributed by atoms with van der Waals surface area (Å²) in [6, 6.07) is 16.8. The third-order valence-electron chi connectivity index (χ3n) is 4.88. The Morgan fingerprint density at radius 2 is 2.00 bits per heavy atom. The zero-order chi connectivity index (χ0) is 17.2. The second-order valence-electron chi connectivity index (χ2n) is 6.81. The highest BCUT2D eigenvalue weighted by atomic mass is 16.2. The fourth-order valence-electron chi connectivity index (χ4n) is 3.20. The van der Waals surface area contributed by atoms with Crippen LogP contribution < -0.4 is 10.6 Å². The van der Waals surface area contributed by atoms with Crippen molar-refractivity contribution in [2.24, 2.45) is 5.92 Å². The van der Waals surface area contributed by atoms with E-state index < -0.39 is 5.54 Å². The summed E-state index contributed by atoms with van der Waals surface area (Å²) in [5.41, 5.74) is 0.438. The third kappa shape index (κ3) is 3.42. The summed E-state index contributed by atoms with van der Waals surface area (Å²) in [4.78, 5) is 12.2. The first-order valence-corrected chi connectivity index (χ1v) is 8.47. The van der Waals surface area contributed by atoms with Crippen LogP contribution in [-0.2, 0) is 4.79 Å². The smallest absolute Gasteiger partial charge is 0.235 e. The van der Waals surface area contributed by atoms with Gasteiger partial charge in [-0.05, 0) is 48.9 Å². The standard InChI is InChI=1S/C20H23N3O/c1-14(17-9-5-7-15-6-3-4-8-18(15)17)22-12-19(24)23-20(2,13-21)16-10-11-16/h3-9,14,16,22H,10-12H2,1-2H3,(H,23,24)/t14-,20-/m1/s1. The van der Waals surface area contributed by atoms with Crippen molar-refractivity contribution >= 4 is 16.7 Å². The quantitative estimate of drug-likeness (QED) is 0.858. The van der Waals surface area contributed by atoms with Gasteiger partial charge in [-0.15, -0.1) is 0 Å². The molecule has 0 spiro atoms. The fraction of sp³-hybridized carbons (Fsp3) is 0.400. The van der Waals surface area contributed by atoms with E-state index in [0.717, 1.165) is 12.8 Å². The molecule has 1 aliphatic rings. The molecule has 4 heteroatoms. The van der Waals surface area contributed by atoms with E-state index in [1.54, 1.807) is 0 Å². The molecule has 4 nitrogen and oxygen atoms in total. The van der Waals surface area contributed by atoms with E-state index in [4.69, 9.17) is 0 Å². The van der Waals surface area contributed by atoms with Gasteiger partial charge in [0, 0.05) is 6.04 Å². The number of nitrogens with one attached hydrogen (secondary N) is 2. The lowest BCUT2D eigenvalue weighted by molar-refractivity contribution is -0.121. The number of rotatable bonds is 6. The maximum atomic E-state index is 12.2. The zero-order valence-electron chi connectivity index (χ0n) is 14.2. The Bertz CT molecular complexity index is 786. The molecule has 0 bridgehead atoms. The number of amides is 1. The molecule has 1 saturated carbocycles. The molecular formula is C20H23N3O. The molecule has 0 saturated heterocycles. The molecule has 2 N–H and O–H groups in total. The number of nitriles is 1. The Kier molecular flexibility index (Phi) is 4.55. The lowest BCUT2D eigenvalue weighted by Crippen LogP contribution is -2.49. The predicted octanol–water partition coefficient (Wildman–Crippen LogP) is 3.30. The number of hydrogen-bond acceptors (Lipinski definition) is 3. The Balaban J connectivity index is 1.63. The predicted molar refractivity (Wildman–Crippen MR) is 95.3 cm³/mol. The van der Waals surface area contributed by atoms with Gasteiger partial charge in [0.25, 0.3) is 0 Å². The van der Waals surface area contributed by atoms with E-state index in [-0.39, 0.29) is 18.5 Å². The average molecular weight is 321 g/mol. The van der Waals surface area contributed by atoms with Crippen LogP contribution >= 0.6 is 0 Å². The van der Waals surface area contributed by atoms with Gasteiger partial charge in [-0.1, -0.05) is 42.5 Å². The number of nitrogens with zero attached hydrogens (tertiary/aromatic N) is 1. The van der Waals surface area contributed by atoms with E-state index in [9.17, 15) is 10.1 Å². The summed E-state index contributed by atoms with van der Waals surface area (Å²) in [6.07, 6.45) is 2.04. The normalized spacial score (nSPS) is 17.7. The summed E-state index contributed by atoms with van der Waals surface area (Å²) >= 11 is 0. The van der Waals surface area contributed by atoms with Crippen LogP contribution in [0.15, 0.2) is 42.5 Å². The monoisotopic (exact) mass is 321 g/mol. The van der Waals surface area contributed by atoms with Gasteiger partial charge in [0.2, 0.25) is 5.91 Å². The van der Waals surface area contributed by atoms with E-state index in [2.05, 4.69) is 47.9 Å². The van der Waals surface area contributed by atoms with E-state index in [1.807, 2.05) is 25.1 Å². The topological polar surface area (TPSA) is 64.9 Å². The lowest BCUT2D eigenvalue weighted by Gasteiger charge is -2.24. The van der Waals surface area contributed by atoms with Crippen LogP contribution in [0.2, 0.25) is 0 Å². The van der Waals surface area contributed by atoms with Gasteiger partial charge in [-0.3, -0.25) is 4.79 Å². The maximum Gasteiger partial charge on any atom is 0.235 e. The average Bonchev–Trinajstić information content (AvgIpc) is 3.44. The van der Waals surface area contributed by atoms with Crippen LogP contribution in [0.3, 0.4) is 0 Å². The van der Waals surface area contributed by atoms with Crippen LogP contribution in [0, 0.1) is 17.2 Å². The Hall–Kier alpha value is -2.38. The first-order valence-electron chi connectivity index (χ1n) is 8.47. The van der Waals surface area contributed by atoms with Crippen molar-refractivity contribution in [3.63, 3.8) is 0 Å². The largest absolute Gasteiger partial charge is 0.337 e. The van der Waals surface area contributed by atoms with Gasteiger partial charge < -0.3 is 10.6 Å². The van der Waals surface area contributed by atoms with Gasteiger partial charge in [-0.25, -0.2) is 0 Å². The van der Waals surface area contributed by atoms with Crippen molar-refractivity contribution in [2.45, 2.75) is 38.3 Å². The molecule has 1 fully saturated rings. The van der Waals surface area contributed by atoms with Crippen LogP contribution in [0.1, 0.15) is 38.3 Å². The van der Waals surface area contributed by atoms with Crippen LogP contribution in [0.4, 0.5) is 0 Å². The van der Waals surface area contributed by atoms with Crippen molar-refractivity contribution in [2.75, 3.05) is 6.54 Å². The van der Waals surface area contributed by atoms with E-state index in [1.165, 1.54) is 16.3 Å². The van der Waals surface area contributed by atoms with Crippen LogP contribution in [-0.4, -0.2) is 18.0 Å². The second kappa shape index (κ2) is 6.62. The maximum absolute atomic E-state index is 12.2. The first kappa shape index (κ1) is 16.5. The third-order valence-corrected chi connectivity index (χ3v) is 4.88. The van der Waals surface area contributed by atoms with Gasteiger partial charge in [0.05, 0.1) is 12.6 Å². The molecular weight excluding hydrogens is 298 g/mol. The molecule has 0 heterocycles. The summed E-state index contributed by atoms with van der Waals surface area (Å²) in [6.45, 7) is 4.07. The molecule has 1 amide bonds. The minimum Gasteiger partial charge on any atom is -0.337 e. The SMILES string of the molecule is C[C@@H](NCC(=O)N[C@](C)(C#N)C1CC1)c1cccc2ccccc12. The highest BCUT2D eigenvalue weighted by Gasteiger charge is 2.42. The van der Waals surface area contributed by atoms with Gasteiger partial charge >= 0.3 is 0 Å². The van der Waals surface area contributed by atoms with Crippen molar-refractivity contribution in [1.29, 1.82) is 5.26 Å². The molecule has 0 aliphatic heterocycles. The van der Waals surface area contributed by atoms with Crippen molar-refractivity contribution in [3.05, 3.63) is 48.0 Å². The highest BCUT2D eigenvalue weighted by molar-refractivity contribution is 5.86. The molecule has 2 aromatic carbocycles. The van der Waals surface area contributed by atoms with Gasteiger partial charge in [0.1, 0.15) is 5.54 Å². The minimum absolute atomic E-state index is 0.0520. The highest BCUT2D eigenvalue weighted by Crippen LogP contribution is 2.39. The van der Waals surface area contributed by atoms with E-state index >= 15 is 0 Å². The summed E-state index contributed by atoms with van der Waals surface area (Å²) in [7, 11) is 0. The number of hydrogen-bond donors (Lipinski definition) is 2. The second-order valence-corrected chi connectivity index (χ2v) is 6.81. The number of carbonyl (C=O) groups is 1. The molecule has 2 aromatic rings. The Morgan fingerprint density at radius 1 is 1.29 bits per heavy atom. The van der Waals surface area contributed by atoms with Crippen molar-refractivity contribution < 1.29 is 4.79 Å². The summed E-state index contributed by atoms with van der Waals surface area (Å²) in [5.74, 6) is 0.167. The fourth-order valence-corrected chi connectivity index (χ4v) is 3.20. The number of benzene rings is 2. The van der Waals surface area contributed by atoms with Gasteiger partial charge in [0.15, 0.2) is 0 Å². The Labute approximate surface area is 142 Å². The molecule has 0 radical (unpaired) electrons. The molecule has 2 atom stereocenters. The summed E-state index contributed by atoms with van der Waals surface area (Å²) in [5, 5.41) is 17.9. The van der Waals surface area contributed by atoms with Crippen molar-refractivity contribution in [1.82, 2.24) is 10.6 Å². The summed E-state index contributed by atoms with van der Waals surface area (Å²) < 4.78 is 0. The Morgan fingerprint density at radius 3 is 2.71 bits per heavy atom. The first-order chi connectivity index (χ1) is 11.5. The molecule has 0 unspecified atom stereocenters. The van der Waals surface area contributed by atoms with Gasteiger partial charge in [-0.2, -0.15) is 5.26 Å². The number of carbonyl (C=O) groups excluding carboxylic acids is 1. The van der Waals surface area contributed by atoms with E-state index in [0.29, 0.717) is 5.92 Å². The van der Waals surface area contributed by atoms with Crippen molar-refractivity contribution in [3.8, 4) is 6.07 Å². The van der Waals surface area contributed by atoms with Crippen LogP contribution in [0.25, 0.3) is 10.8 Å². The number of fused-ring (bicyclic) bond motifs is 1. The molecule has 1 aliphatic carbocycles. The van der Waals surface area contributed by atoms with Crippen LogP contribution in [0.5, 0.6) is 0 Å². The minimum atomic E-state index is -0.735.